The topological polar surface area (TPSA) is 39.9 Å². The first kappa shape index (κ1) is 16.0. The summed E-state index contributed by atoms with van der Waals surface area (Å²) in [5.74, 6) is 2.35. The first-order chi connectivity index (χ1) is 10.0. The lowest BCUT2D eigenvalue weighted by Crippen LogP contribution is -2.12. The maximum atomic E-state index is 6.00. The molecule has 0 saturated heterocycles. The standard InChI is InChI=1S/C16H22BrN3O/c1-11(2)8-20-15(18-10-19-20)9-21-16-12(3)5-14(7-17)6-13(16)4/h5-6,10-11H,7-9H2,1-4H3. The van der Waals surface area contributed by atoms with Crippen LogP contribution in [0.25, 0.3) is 0 Å². The fraction of sp³-hybridized carbons (Fsp3) is 0.500. The lowest BCUT2D eigenvalue weighted by atomic mass is 10.1. The van der Waals surface area contributed by atoms with E-state index in [-0.39, 0.29) is 0 Å². The zero-order valence-electron chi connectivity index (χ0n) is 13.1. The van der Waals surface area contributed by atoms with Gasteiger partial charge in [0.1, 0.15) is 18.7 Å². The summed E-state index contributed by atoms with van der Waals surface area (Å²) < 4.78 is 7.91. The van der Waals surface area contributed by atoms with E-state index in [2.05, 4.69) is 65.8 Å². The normalized spacial score (nSPS) is 11.1. The third-order valence-electron chi connectivity index (χ3n) is 3.25. The highest BCUT2D eigenvalue weighted by atomic mass is 79.9. The van der Waals surface area contributed by atoms with E-state index in [1.165, 1.54) is 5.56 Å². The average molecular weight is 352 g/mol. The van der Waals surface area contributed by atoms with Crippen molar-refractivity contribution in [2.75, 3.05) is 0 Å². The van der Waals surface area contributed by atoms with Crippen molar-refractivity contribution in [3.8, 4) is 5.75 Å². The Morgan fingerprint density at radius 1 is 1.24 bits per heavy atom. The molecule has 5 heteroatoms. The largest absolute Gasteiger partial charge is 0.485 e. The molecule has 21 heavy (non-hydrogen) atoms. The Labute approximate surface area is 134 Å². The summed E-state index contributed by atoms with van der Waals surface area (Å²) in [6, 6.07) is 4.30. The predicted octanol–water partition coefficient (Wildman–Crippen LogP) is 4.02. The summed E-state index contributed by atoms with van der Waals surface area (Å²) in [4.78, 5) is 4.30. The Balaban J connectivity index is 2.12. The van der Waals surface area contributed by atoms with Crippen LogP contribution in [0, 0.1) is 19.8 Å². The smallest absolute Gasteiger partial charge is 0.164 e. The Kier molecular flexibility index (Phi) is 5.39. The highest BCUT2D eigenvalue weighted by Crippen LogP contribution is 2.26. The summed E-state index contributed by atoms with van der Waals surface area (Å²) in [5.41, 5.74) is 3.57. The second-order valence-electron chi connectivity index (χ2n) is 5.73. The van der Waals surface area contributed by atoms with Crippen LogP contribution in [-0.4, -0.2) is 14.8 Å². The number of ether oxygens (including phenoxy) is 1. The second-order valence-corrected chi connectivity index (χ2v) is 6.29. The third-order valence-corrected chi connectivity index (χ3v) is 3.90. The molecule has 1 aromatic heterocycles. The van der Waals surface area contributed by atoms with Gasteiger partial charge in [-0.25, -0.2) is 9.67 Å². The maximum Gasteiger partial charge on any atom is 0.164 e. The van der Waals surface area contributed by atoms with Gasteiger partial charge in [-0.15, -0.1) is 0 Å². The summed E-state index contributed by atoms with van der Waals surface area (Å²) in [6.07, 6.45) is 1.59. The van der Waals surface area contributed by atoms with Crippen LogP contribution < -0.4 is 4.74 Å². The number of aromatic nitrogens is 3. The molecule has 1 heterocycles. The van der Waals surface area contributed by atoms with Crippen molar-refractivity contribution in [3.05, 3.63) is 41.0 Å². The molecule has 0 atom stereocenters. The molecule has 0 aliphatic rings. The fourth-order valence-electron chi connectivity index (χ4n) is 2.38. The Hall–Kier alpha value is -1.36. The Bertz CT molecular complexity index is 584. The van der Waals surface area contributed by atoms with Gasteiger partial charge in [-0.2, -0.15) is 5.10 Å². The molecule has 0 N–H and O–H groups in total. The number of hydrogen-bond acceptors (Lipinski definition) is 3. The molecule has 0 aliphatic carbocycles. The van der Waals surface area contributed by atoms with E-state index in [0.717, 1.165) is 34.6 Å². The van der Waals surface area contributed by atoms with Crippen LogP contribution in [-0.2, 0) is 18.5 Å². The van der Waals surface area contributed by atoms with Gasteiger partial charge in [0.2, 0.25) is 0 Å². The monoisotopic (exact) mass is 351 g/mol. The van der Waals surface area contributed by atoms with Gasteiger partial charge >= 0.3 is 0 Å². The molecule has 0 spiro atoms. The minimum Gasteiger partial charge on any atom is -0.485 e. The van der Waals surface area contributed by atoms with Gasteiger partial charge in [-0.1, -0.05) is 41.9 Å². The van der Waals surface area contributed by atoms with Gasteiger partial charge in [0.25, 0.3) is 0 Å². The molecule has 114 valence electrons. The molecular formula is C16H22BrN3O. The van der Waals surface area contributed by atoms with E-state index < -0.39 is 0 Å². The van der Waals surface area contributed by atoms with Gasteiger partial charge in [0.15, 0.2) is 5.82 Å². The van der Waals surface area contributed by atoms with E-state index in [0.29, 0.717) is 12.5 Å². The van der Waals surface area contributed by atoms with Crippen molar-refractivity contribution in [3.63, 3.8) is 0 Å². The lowest BCUT2D eigenvalue weighted by Gasteiger charge is -2.14. The number of hydrogen-bond donors (Lipinski definition) is 0. The zero-order chi connectivity index (χ0) is 15.4. The first-order valence-electron chi connectivity index (χ1n) is 7.16. The molecule has 2 aromatic rings. The van der Waals surface area contributed by atoms with Crippen molar-refractivity contribution >= 4 is 15.9 Å². The number of aryl methyl sites for hydroxylation is 2. The van der Waals surface area contributed by atoms with Crippen LogP contribution in [0.3, 0.4) is 0 Å². The minimum absolute atomic E-state index is 0.446. The first-order valence-corrected chi connectivity index (χ1v) is 8.29. The highest BCUT2D eigenvalue weighted by Gasteiger charge is 2.10. The van der Waals surface area contributed by atoms with Crippen molar-refractivity contribution < 1.29 is 4.74 Å². The molecule has 0 amide bonds. The van der Waals surface area contributed by atoms with Crippen molar-refractivity contribution in [1.29, 1.82) is 0 Å². The fourth-order valence-corrected chi connectivity index (χ4v) is 2.70. The molecule has 0 bridgehead atoms. The van der Waals surface area contributed by atoms with Crippen LogP contribution in [0.4, 0.5) is 0 Å². The maximum absolute atomic E-state index is 6.00. The number of halogens is 1. The van der Waals surface area contributed by atoms with Crippen LogP contribution in [0.1, 0.15) is 36.4 Å². The number of rotatable bonds is 6. The molecule has 0 aliphatic heterocycles. The third kappa shape index (κ3) is 4.06. The van der Waals surface area contributed by atoms with Crippen LogP contribution in [0.2, 0.25) is 0 Å². The van der Waals surface area contributed by atoms with E-state index in [9.17, 15) is 0 Å². The van der Waals surface area contributed by atoms with Gasteiger partial charge in [0, 0.05) is 11.9 Å². The van der Waals surface area contributed by atoms with Gasteiger partial charge < -0.3 is 4.74 Å². The highest BCUT2D eigenvalue weighted by molar-refractivity contribution is 9.08. The SMILES string of the molecule is Cc1cc(CBr)cc(C)c1OCc1ncnn1CC(C)C. The van der Waals surface area contributed by atoms with Crippen molar-refractivity contribution in [2.24, 2.45) is 5.92 Å². The Morgan fingerprint density at radius 3 is 2.48 bits per heavy atom. The molecule has 1 aromatic carbocycles. The molecule has 0 unspecified atom stereocenters. The van der Waals surface area contributed by atoms with Crippen molar-refractivity contribution in [2.45, 2.75) is 46.2 Å². The predicted molar refractivity (Wildman–Crippen MR) is 87.7 cm³/mol. The Morgan fingerprint density at radius 2 is 1.90 bits per heavy atom. The summed E-state index contributed by atoms with van der Waals surface area (Å²) in [6.45, 7) is 9.79. The number of benzene rings is 1. The number of nitrogens with zero attached hydrogens (tertiary/aromatic N) is 3. The second kappa shape index (κ2) is 7.07. The number of alkyl halides is 1. The zero-order valence-corrected chi connectivity index (χ0v) is 14.6. The van der Waals surface area contributed by atoms with Crippen LogP contribution >= 0.6 is 15.9 Å². The molecule has 4 nitrogen and oxygen atoms in total. The quantitative estimate of drug-likeness (QED) is 0.737. The molecule has 0 saturated carbocycles. The van der Waals surface area contributed by atoms with E-state index >= 15 is 0 Å². The summed E-state index contributed by atoms with van der Waals surface area (Å²) in [5, 5.41) is 5.12. The average Bonchev–Trinajstić information content (AvgIpc) is 2.84. The molecule has 0 fully saturated rings. The van der Waals surface area contributed by atoms with Gasteiger partial charge in [-0.05, 0) is 36.5 Å². The van der Waals surface area contributed by atoms with Gasteiger partial charge in [0.05, 0.1) is 0 Å². The summed E-state index contributed by atoms with van der Waals surface area (Å²) >= 11 is 3.49. The van der Waals surface area contributed by atoms with E-state index in [4.69, 9.17) is 4.74 Å². The van der Waals surface area contributed by atoms with Gasteiger partial charge in [-0.3, -0.25) is 0 Å². The van der Waals surface area contributed by atoms with E-state index in [1.807, 2.05) is 4.68 Å². The minimum atomic E-state index is 0.446. The summed E-state index contributed by atoms with van der Waals surface area (Å²) in [7, 11) is 0. The van der Waals surface area contributed by atoms with Crippen molar-refractivity contribution in [1.82, 2.24) is 14.8 Å². The molecule has 2 rings (SSSR count). The van der Waals surface area contributed by atoms with Crippen LogP contribution in [0.15, 0.2) is 18.5 Å². The molecular weight excluding hydrogens is 330 g/mol. The van der Waals surface area contributed by atoms with E-state index in [1.54, 1.807) is 6.33 Å². The lowest BCUT2D eigenvalue weighted by molar-refractivity contribution is 0.279. The van der Waals surface area contributed by atoms with Crippen LogP contribution in [0.5, 0.6) is 5.75 Å². The molecule has 0 radical (unpaired) electrons.